The Kier molecular flexibility index (Phi) is 4.62. The highest BCUT2D eigenvalue weighted by molar-refractivity contribution is 5.94. The van der Waals surface area contributed by atoms with Gasteiger partial charge in [0, 0.05) is 11.3 Å². The molecule has 0 amide bonds. The van der Waals surface area contributed by atoms with Gasteiger partial charge in [0.05, 0.1) is 11.6 Å². The smallest absolute Gasteiger partial charge is 0.326 e. The van der Waals surface area contributed by atoms with Crippen molar-refractivity contribution in [2.24, 2.45) is 0 Å². The Hall–Kier alpha value is -3.79. The van der Waals surface area contributed by atoms with E-state index >= 15 is 0 Å². The van der Waals surface area contributed by atoms with Crippen LogP contribution in [0.4, 0.5) is 11.6 Å². The number of ether oxygens (including phenoxy) is 1. The van der Waals surface area contributed by atoms with Crippen molar-refractivity contribution in [3.63, 3.8) is 0 Å². The number of nitrogens with zero attached hydrogens (tertiary/aromatic N) is 4. The van der Waals surface area contributed by atoms with Crippen LogP contribution in [0.1, 0.15) is 22.8 Å². The number of aromatic nitrogens is 3. The summed E-state index contributed by atoms with van der Waals surface area (Å²) in [5.74, 6) is 0.713. The van der Waals surface area contributed by atoms with Crippen molar-refractivity contribution in [1.29, 1.82) is 5.26 Å². The number of hydrogen-bond acceptors (Lipinski definition) is 7. The van der Waals surface area contributed by atoms with Crippen molar-refractivity contribution in [2.45, 2.75) is 6.92 Å². The topological polar surface area (TPSA) is 101 Å². The summed E-state index contributed by atoms with van der Waals surface area (Å²) >= 11 is 0. The number of hydrogen-bond donors (Lipinski definition) is 1. The Morgan fingerprint density at radius 1 is 1.16 bits per heavy atom. The molecular weight excluding hydrogens is 318 g/mol. The molecule has 3 aromatic rings. The summed E-state index contributed by atoms with van der Waals surface area (Å²) in [7, 11) is 0. The van der Waals surface area contributed by atoms with Crippen molar-refractivity contribution >= 4 is 17.4 Å². The zero-order valence-corrected chi connectivity index (χ0v) is 13.3. The van der Waals surface area contributed by atoms with E-state index < -0.39 is 0 Å². The molecule has 7 heteroatoms. The van der Waals surface area contributed by atoms with Crippen LogP contribution in [0.15, 0.2) is 54.9 Å². The largest absolute Gasteiger partial charge is 0.424 e. The number of ketones is 1. The highest BCUT2D eigenvalue weighted by atomic mass is 16.5. The molecule has 1 heterocycles. The Balaban J connectivity index is 1.76. The number of benzene rings is 2. The number of nitriles is 1. The molecule has 122 valence electrons. The third-order valence-corrected chi connectivity index (χ3v) is 3.27. The molecule has 3 rings (SSSR count). The quantitative estimate of drug-likeness (QED) is 0.714. The zero-order valence-electron chi connectivity index (χ0n) is 13.3. The summed E-state index contributed by atoms with van der Waals surface area (Å²) < 4.78 is 5.59. The van der Waals surface area contributed by atoms with E-state index in [0.717, 1.165) is 5.69 Å². The molecule has 0 saturated carbocycles. The molecule has 25 heavy (non-hydrogen) atoms. The minimum absolute atomic E-state index is 0.0516. The van der Waals surface area contributed by atoms with E-state index in [-0.39, 0.29) is 11.8 Å². The molecule has 7 nitrogen and oxygen atoms in total. The van der Waals surface area contributed by atoms with Gasteiger partial charge in [-0.3, -0.25) is 4.79 Å². The highest BCUT2D eigenvalue weighted by Crippen LogP contribution is 2.20. The van der Waals surface area contributed by atoms with Gasteiger partial charge in [-0.2, -0.15) is 15.2 Å². The zero-order chi connectivity index (χ0) is 17.6. The molecule has 2 aromatic carbocycles. The second-order valence-corrected chi connectivity index (χ2v) is 5.09. The molecule has 0 radical (unpaired) electrons. The van der Waals surface area contributed by atoms with Crippen molar-refractivity contribution in [1.82, 2.24) is 15.0 Å². The first-order valence-electron chi connectivity index (χ1n) is 7.39. The molecule has 0 atom stereocenters. The van der Waals surface area contributed by atoms with Crippen LogP contribution in [0, 0.1) is 11.3 Å². The van der Waals surface area contributed by atoms with Gasteiger partial charge >= 0.3 is 6.01 Å². The average molecular weight is 331 g/mol. The normalized spacial score (nSPS) is 9.92. The van der Waals surface area contributed by atoms with Crippen molar-refractivity contribution in [2.75, 3.05) is 5.32 Å². The maximum absolute atomic E-state index is 11.4. The molecule has 0 aliphatic rings. The fourth-order valence-corrected chi connectivity index (χ4v) is 2.03. The summed E-state index contributed by atoms with van der Waals surface area (Å²) in [6, 6.07) is 15.8. The maximum Gasteiger partial charge on any atom is 0.326 e. The van der Waals surface area contributed by atoms with Crippen LogP contribution in [0.3, 0.4) is 0 Å². The fraction of sp³-hybridized carbons (Fsp3) is 0.0556. The van der Waals surface area contributed by atoms with E-state index in [1.807, 2.05) is 0 Å². The van der Waals surface area contributed by atoms with E-state index in [4.69, 9.17) is 10.00 Å². The van der Waals surface area contributed by atoms with Crippen LogP contribution in [0.2, 0.25) is 0 Å². The number of rotatable bonds is 5. The number of nitrogens with one attached hydrogen (secondary N) is 1. The number of Topliss-reactive ketones (excluding diaryl/α,β-unsaturated/α-hetero) is 1. The van der Waals surface area contributed by atoms with Crippen LogP contribution >= 0.6 is 0 Å². The lowest BCUT2D eigenvalue weighted by molar-refractivity contribution is 0.101. The van der Waals surface area contributed by atoms with Crippen molar-refractivity contribution in [3.05, 3.63) is 66.0 Å². The Morgan fingerprint density at radius 3 is 2.68 bits per heavy atom. The van der Waals surface area contributed by atoms with Gasteiger partial charge in [0.15, 0.2) is 5.78 Å². The lowest BCUT2D eigenvalue weighted by Crippen LogP contribution is -2.00. The SMILES string of the molecule is CC(=O)c1cccc(Oc2ncnc(Nc3ccc(C#N)cc3)n2)c1. The standard InChI is InChI=1S/C18H13N5O2/c1-12(24)14-3-2-4-16(9-14)25-18-21-11-20-17(23-18)22-15-7-5-13(10-19)6-8-15/h2-9,11H,1H3,(H,20,21,22,23). The molecular formula is C18H13N5O2. The molecule has 0 spiro atoms. The molecule has 1 N–H and O–H groups in total. The van der Waals surface area contributed by atoms with Crippen LogP contribution in [-0.2, 0) is 0 Å². The molecule has 0 unspecified atom stereocenters. The van der Waals surface area contributed by atoms with Crippen LogP contribution < -0.4 is 10.1 Å². The Labute approximate surface area is 144 Å². The third kappa shape index (κ3) is 4.14. The van der Waals surface area contributed by atoms with Gasteiger partial charge in [0.2, 0.25) is 5.95 Å². The van der Waals surface area contributed by atoms with Gasteiger partial charge in [0.25, 0.3) is 0 Å². The molecule has 0 bridgehead atoms. The van der Waals surface area contributed by atoms with Crippen molar-refractivity contribution < 1.29 is 9.53 Å². The summed E-state index contributed by atoms with van der Waals surface area (Å²) in [5.41, 5.74) is 1.84. The third-order valence-electron chi connectivity index (χ3n) is 3.27. The van der Waals surface area contributed by atoms with E-state index in [1.54, 1.807) is 48.5 Å². The van der Waals surface area contributed by atoms with Gasteiger partial charge < -0.3 is 10.1 Å². The van der Waals surface area contributed by atoms with Gasteiger partial charge in [-0.15, -0.1) is 0 Å². The second kappa shape index (κ2) is 7.19. The minimum Gasteiger partial charge on any atom is -0.424 e. The van der Waals surface area contributed by atoms with Crippen LogP contribution in [0.25, 0.3) is 0 Å². The molecule has 0 aliphatic heterocycles. The average Bonchev–Trinajstić information content (AvgIpc) is 2.63. The van der Waals surface area contributed by atoms with Gasteiger partial charge in [-0.05, 0) is 43.3 Å². The fourth-order valence-electron chi connectivity index (χ4n) is 2.03. The van der Waals surface area contributed by atoms with E-state index in [1.165, 1.54) is 13.3 Å². The first-order chi connectivity index (χ1) is 12.1. The highest BCUT2D eigenvalue weighted by Gasteiger charge is 2.06. The predicted octanol–water partition coefficient (Wildman–Crippen LogP) is 3.48. The summed E-state index contributed by atoms with van der Waals surface area (Å²) in [6.07, 6.45) is 1.32. The van der Waals surface area contributed by atoms with Crippen LogP contribution in [0.5, 0.6) is 11.8 Å². The minimum atomic E-state index is -0.0516. The lowest BCUT2D eigenvalue weighted by atomic mass is 10.1. The van der Waals surface area contributed by atoms with E-state index in [0.29, 0.717) is 22.8 Å². The van der Waals surface area contributed by atoms with Gasteiger partial charge in [-0.1, -0.05) is 12.1 Å². The molecule has 0 saturated heterocycles. The summed E-state index contributed by atoms with van der Waals surface area (Å²) in [5, 5.41) is 11.8. The van der Waals surface area contributed by atoms with Gasteiger partial charge in [-0.25, -0.2) is 4.98 Å². The molecule has 0 fully saturated rings. The summed E-state index contributed by atoms with van der Waals surface area (Å²) in [6.45, 7) is 1.49. The van der Waals surface area contributed by atoms with E-state index in [9.17, 15) is 4.79 Å². The predicted molar refractivity (Wildman–Crippen MR) is 90.8 cm³/mol. The van der Waals surface area contributed by atoms with Crippen molar-refractivity contribution in [3.8, 4) is 17.8 Å². The Morgan fingerprint density at radius 2 is 1.96 bits per heavy atom. The number of anilines is 2. The summed E-state index contributed by atoms with van der Waals surface area (Å²) in [4.78, 5) is 23.6. The van der Waals surface area contributed by atoms with Crippen LogP contribution in [-0.4, -0.2) is 20.7 Å². The molecule has 1 aromatic heterocycles. The van der Waals surface area contributed by atoms with Gasteiger partial charge in [0.1, 0.15) is 12.1 Å². The molecule has 0 aliphatic carbocycles. The number of carbonyl (C=O) groups excluding carboxylic acids is 1. The lowest BCUT2D eigenvalue weighted by Gasteiger charge is -2.07. The van der Waals surface area contributed by atoms with E-state index in [2.05, 4.69) is 26.3 Å². The maximum atomic E-state index is 11.4. The number of carbonyl (C=O) groups is 1. The second-order valence-electron chi connectivity index (χ2n) is 5.09. The Bertz CT molecular complexity index is 948. The first kappa shape index (κ1) is 16.1. The first-order valence-corrected chi connectivity index (χ1v) is 7.39. The monoisotopic (exact) mass is 331 g/mol.